The molecule has 0 radical (unpaired) electrons. The second-order valence-electron chi connectivity index (χ2n) is 8.97. The van der Waals surface area contributed by atoms with Crippen molar-refractivity contribution in [2.24, 2.45) is 0 Å². The minimum atomic E-state index is -1.18. The molecule has 0 saturated heterocycles. The topological polar surface area (TPSA) is 80.8 Å². The van der Waals surface area contributed by atoms with Crippen molar-refractivity contribution in [2.45, 2.75) is 20.0 Å². The summed E-state index contributed by atoms with van der Waals surface area (Å²) < 4.78 is 5.72. The summed E-state index contributed by atoms with van der Waals surface area (Å²) >= 11 is 0. The minimum absolute atomic E-state index is 0.0728. The lowest BCUT2D eigenvalue weighted by atomic mass is 9.99. The fourth-order valence-corrected chi connectivity index (χ4v) is 4.31. The van der Waals surface area contributed by atoms with Gasteiger partial charge in [-0.3, -0.25) is 14.4 Å². The maximum atomic E-state index is 13.4. The van der Waals surface area contributed by atoms with Crippen molar-refractivity contribution in [2.75, 3.05) is 4.90 Å². The summed E-state index contributed by atoms with van der Waals surface area (Å²) in [5.74, 6) is -2.11. The van der Waals surface area contributed by atoms with Gasteiger partial charge in [-0.15, -0.1) is 0 Å². The summed E-state index contributed by atoms with van der Waals surface area (Å²) in [5, 5.41) is 0. The van der Waals surface area contributed by atoms with Gasteiger partial charge in [0.05, 0.1) is 22.4 Å². The molecule has 1 heterocycles. The predicted octanol–water partition coefficient (Wildman–Crippen LogP) is 5.89. The van der Waals surface area contributed by atoms with E-state index in [9.17, 15) is 19.2 Å². The third-order valence-corrected chi connectivity index (χ3v) is 6.28. The Bertz CT molecular complexity index is 1540. The number of imide groups is 1. The standard InChI is InChI=1S/C31H23NO5/c1-19-11-13-21(14-12-19)27(33)28(22-8-4-3-5-9-22)37-31(36)23-15-16-25-26(18-23)30(35)32(29(25)34)24-10-6-7-20(2)17-24/h3-18,28H,1-2H3. The number of carbonyl (C=O) groups excluding carboxylic acids is 4. The van der Waals surface area contributed by atoms with E-state index in [1.807, 2.05) is 38.1 Å². The van der Waals surface area contributed by atoms with Gasteiger partial charge in [0.2, 0.25) is 5.78 Å². The van der Waals surface area contributed by atoms with Gasteiger partial charge in [0, 0.05) is 11.1 Å². The molecule has 4 aromatic rings. The molecule has 0 fully saturated rings. The number of hydrogen-bond donors (Lipinski definition) is 0. The Kier molecular flexibility index (Phi) is 6.24. The Hall–Kier alpha value is -4.84. The van der Waals surface area contributed by atoms with E-state index in [1.165, 1.54) is 18.2 Å². The molecule has 37 heavy (non-hydrogen) atoms. The van der Waals surface area contributed by atoms with Crippen LogP contribution < -0.4 is 4.90 Å². The Balaban J connectivity index is 1.45. The van der Waals surface area contributed by atoms with E-state index in [4.69, 9.17) is 4.74 Å². The number of nitrogens with zero attached hydrogens (tertiary/aromatic N) is 1. The highest BCUT2D eigenvalue weighted by Gasteiger charge is 2.37. The van der Waals surface area contributed by atoms with Crippen LogP contribution in [-0.2, 0) is 4.74 Å². The highest BCUT2D eigenvalue weighted by Crippen LogP contribution is 2.31. The maximum absolute atomic E-state index is 13.4. The maximum Gasteiger partial charge on any atom is 0.339 e. The molecule has 1 aliphatic rings. The van der Waals surface area contributed by atoms with Crippen LogP contribution >= 0.6 is 0 Å². The smallest absolute Gasteiger partial charge is 0.339 e. The van der Waals surface area contributed by atoms with E-state index >= 15 is 0 Å². The average molecular weight is 490 g/mol. The summed E-state index contributed by atoms with van der Waals surface area (Å²) in [4.78, 5) is 53.8. The lowest BCUT2D eigenvalue weighted by Gasteiger charge is -2.18. The van der Waals surface area contributed by atoms with Crippen molar-refractivity contribution in [1.29, 1.82) is 0 Å². The van der Waals surface area contributed by atoms with Gasteiger partial charge in [-0.05, 0) is 49.7 Å². The van der Waals surface area contributed by atoms with Crippen molar-refractivity contribution in [3.8, 4) is 0 Å². The molecule has 182 valence electrons. The van der Waals surface area contributed by atoms with E-state index in [2.05, 4.69) is 0 Å². The summed E-state index contributed by atoms with van der Waals surface area (Å²) in [6.07, 6.45) is -1.18. The zero-order valence-electron chi connectivity index (χ0n) is 20.3. The van der Waals surface area contributed by atoms with E-state index in [0.717, 1.165) is 16.0 Å². The Labute approximate surface area is 214 Å². The van der Waals surface area contributed by atoms with Crippen molar-refractivity contribution >= 4 is 29.3 Å². The monoisotopic (exact) mass is 489 g/mol. The van der Waals surface area contributed by atoms with Crippen LogP contribution in [0.15, 0.2) is 97.1 Å². The summed E-state index contributed by atoms with van der Waals surface area (Å²) in [7, 11) is 0. The largest absolute Gasteiger partial charge is 0.445 e. The molecule has 0 spiro atoms. The molecule has 0 aromatic heterocycles. The van der Waals surface area contributed by atoms with E-state index < -0.39 is 23.9 Å². The van der Waals surface area contributed by atoms with E-state index in [0.29, 0.717) is 16.8 Å². The molecule has 6 nitrogen and oxygen atoms in total. The number of hydrogen-bond acceptors (Lipinski definition) is 5. The first-order chi connectivity index (χ1) is 17.8. The number of amides is 2. The Morgan fingerprint density at radius 1 is 0.676 bits per heavy atom. The van der Waals surface area contributed by atoms with Gasteiger partial charge in [0.25, 0.3) is 11.8 Å². The van der Waals surface area contributed by atoms with Gasteiger partial charge in [0.15, 0.2) is 6.10 Å². The number of ketones is 1. The van der Waals surface area contributed by atoms with Crippen LogP contribution in [0.1, 0.15) is 64.2 Å². The minimum Gasteiger partial charge on any atom is -0.445 e. The number of rotatable bonds is 6. The molecule has 5 rings (SSSR count). The molecule has 6 heteroatoms. The SMILES string of the molecule is Cc1ccc(C(=O)C(OC(=O)c2ccc3c(c2)C(=O)N(c2cccc(C)c2)C3=O)c2ccccc2)cc1. The summed E-state index contributed by atoms with van der Waals surface area (Å²) in [6, 6.07) is 27.1. The van der Waals surface area contributed by atoms with Gasteiger partial charge in [0.1, 0.15) is 0 Å². The van der Waals surface area contributed by atoms with Gasteiger partial charge < -0.3 is 4.74 Å². The van der Waals surface area contributed by atoms with Crippen LogP contribution in [0, 0.1) is 13.8 Å². The average Bonchev–Trinajstić information content (AvgIpc) is 3.16. The third-order valence-electron chi connectivity index (χ3n) is 6.28. The molecule has 0 N–H and O–H groups in total. The molecule has 1 atom stereocenters. The zero-order valence-corrected chi connectivity index (χ0v) is 20.3. The highest BCUT2D eigenvalue weighted by molar-refractivity contribution is 6.34. The lowest BCUT2D eigenvalue weighted by molar-refractivity contribution is 0.0280. The first-order valence-electron chi connectivity index (χ1n) is 11.8. The van der Waals surface area contributed by atoms with Crippen LogP contribution in [0.4, 0.5) is 5.69 Å². The quantitative estimate of drug-likeness (QED) is 0.192. The second-order valence-corrected chi connectivity index (χ2v) is 8.97. The predicted molar refractivity (Wildman–Crippen MR) is 139 cm³/mol. The molecule has 2 amide bonds. The number of aryl methyl sites for hydroxylation is 2. The lowest BCUT2D eigenvalue weighted by Crippen LogP contribution is -2.29. The number of esters is 1. The van der Waals surface area contributed by atoms with Gasteiger partial charge in [-0.25, -0.2) is 9.69 Å². The molecule has 1 aliphatic heterocycles. The van der Waals surface area contributed by atoms with Crippen LogP contribution in [0.3, 0.4) is 0 Å². The third kappa shape index (κ3) is 4.57. The number of fused-ring (bicyclic) bond motifs is 1. The Morgan fingerprint density at radius 3 is 2.05 bits per heavy atom. The molecular weight excluding hydrogens is 466 g/mol. The first-order valence-corrected chi connectivity index (χ1v) is 11.8. The van der Waals surface area contributed by atoms with Gasteiger partial charge in [-0.2, -0.15) is 0 Å². The van der Waals surface area contributed by atoms with Crippen molar-refractivity contribution in [3.63, 3.8) is 0 Å². The Morgan fingerprint density at radius 2 is 1.35 bits per heavy atom. The van der Waals surface area contributed by atoms with Crippen LogP contribution in [0.5, 0.6) is 0 Å². The normalized spacial score (nSPS) is 13.3. The summed E-state index contributed by atoms with van der Waals surface area (Å²) in [5.41, 5.74) is 3.70. The number of carbonyl (C=O) groups is 4. The van der Waals surface area contributed by atoms with E-state index in [1.54, 1.807) is 54.6 Å². The fraction of sp³-hybridized carbons (Fsp3) is 0.0968. The number of benzene rings is 4. The molecular formula is C31H23NO5. The molecule has 0 aliphatic carbocycles. The van der Waals surface area contributed by atoms with Crippen molar-refractivity contribution in [3.05, 3.63) is 136 Å². The van der Waals surface area contributed by atoms with Crippen LogP contribution in [0.2, 0.25) is 0 Å². The number of Topliss-reactive ketones (excluding diaryl/α,β-unsaturated/α-hetero) is 1. The molecule has 4 aromatic carbocycles. The molecule has 1 unspecified atom stereocenters. The van der Waals surface area contributed by atoms with E-state index in [-0.39, 0.29) is 22.5 Å². The molecule has 0 bridgehead atoms. The van der Waals surface area contributed by atoms with Crippen LogP contribution in [0.25, 0.3) is 0 Å². The van der Waals surface area contributed by atoms with Gasteiger partial charge >= 0.3 is 5.97 Å². The summed E-state index contributed by atoms with van der Waals surface area (Å²) in [6.45, 7) is 3.79. The molecule has 0 saturated carbocycles. The van der Waals surface area contributed by atoms with Gasteiger partial charge in [-0.1, -0.05) is 72.3 Å². The van der Waals surface area contributed by atoms with Crippen molar-refractivity contribution < 1.29 is 23.9 Å². The fourth-order valence-electron chi connectivity index (χ4n) is 4.31. The first kappa shape index (κ1) is 23.9. The highest BCUT2D eigenvalue weighted by atomic mass is 16.5. The van der Waals surface area contributed by atoms with Crippen molar-refractivity contribution in [1.82, 2.24) is 0 Å². The van der Waals surface area contributed by atoms with Crippen LogP contribution in [-0.4, -0.2) is 23.6 Å². The number of ether oxygens (including phenoxy) is 1. The zero-order chi connectivity index (χ0) is 26.1. The number of anilines is 1. The second kappa shape index (κ2) is 9.66.